The minimum atomic E-state index is -0.293. The molecule has 2 aliphatic heterocycles. The van der Waals surface area contributed by atoms with Gasteiger partial charge in [0.25, 0.3) is 0 Å². The van der Waals surface area contributed by atoms with Gasteiger partial charge in [0, 0.05) is 30.0 Å². The van der Waals surface area contributed by atoms with E-state index in [0.717, 1.165) is 43.2 Å². The van der Waals surface area contributed by atoms with Crippen LogP contribution in [0.1, 0.15) is 56.6 Å². The highest BCUT2D eigenvalue weighted by atomic mass is 35.5. The molecule has 5 atom stereocenters. The number of rotatable bonds is 4. The van der Waals surface area contributed by atoms with Crippen molar-refractivity contribution in [2.75, 3.05) is 20.2 Å². The van der Waals surface area contributed by atoms with Crippen LogP contribution in [0, 0.1) is 17.8 Å². The molecule has 2 bridgehead atoms. The van der Waals surface area contributed by atoms with Gasteiger partial charge in [-0.1, -0.05) is 25.8 Å². The SMILES string of the molecule is CCC1CC(=O)C2Oc3c(OC)ccc4c3[C@@]23CCN(CC2CCC2)[C@H](C4)[C@H]13.Cl. The van der Waals surface area contributed by atoms with Crippen LogP contribution in [0.3, 0.4) is 0 Å². The zero-order valence-electron chi connectivity index (χ0n) is 17.5. The fraction of sp³-hybridized carbons (Fsp3) is 0.708. The lowest BCUT2D eigenvalue weighted by Gasteiger charge is -2.60. The van der Waals surface area contributed by atoms with Crippen LogP contribution in [0.25, 0.3) is 0 Å². The molecular formula is C24H32ClNO3. The summed E-state index contributed by atoms with van der Waals surface area (Å²) in [6.07, 6.45) is 7.86. The molecule has 4 nitrogen and oxygen atoms in total. The van der Waals surface area contributed by atoms with Crippen molar-refractivity contribution in [3.8, 4) is 11.5 Å². The number of nitrogens with zero attached hydrogens (tertiary/aromatic N) is 1. The van der Waals surface area contributed by atoms with Crippen molar-refractivity contribution >= 4 is 18.2 Å². The average molecular weight is 418 g/mol. The first-order valence-corrected chi connectivity index (χ1v) is 11.3. The molecular weight excluding hydrogens is 386 g/mol. The fourth-order valence-corrected chi connectivity index (χ4v) is 7.44. The van der Waals surface area contributed by atoms with Gasteiger partial charge in [-0.3, -0.25) is 9.69 Å². The number of Topliss-reactive ketones (excluding diaryl/α,β-unsaturated/α-hetero) is 1. The van der Waals surface area contributed by atoms with Crippen molar-refractivity contribution < 1.29 is 14.3 Å². The second kappa shape index (κ2) is 6.88. The highest BCUT2D eigenvalue weighted by Crippen LogP contribution is 2.64. The van der Waals surface area contributed by atoms with Crippen LogP contribution in [0.2, 0.25) is 0 Å². The molecule has 29 heavy (non-hydrogen) atoms. The van der Waals surface area contributed by atoms with E-state index in [-0.39, 0.29) is 23.9 Å². The van der Waals surface area contributed by atoms with Crippen molar-refractivity contribution in [3.05, 3.63) is 23.3 Å². The van der Waals surface area contributed by atoms with Gasteiger partial charge in [0.2, 0.25) is 0 Å². The Hall–Kier alpha value is -1.26. The van der Waals surface area contributed by atoms with Crippen LogP contribution < -0.4 is 9.47 Å². The summed E-state index contributed by atoms with van der Waals surface area (Å²) in [6, 6.07) is 4.86. The number of methoxy groups -OCH3 is 1. The number of likely N-dealkylation sites (tertiary alicyclic amines) is 1. The summed E-state index contributed by atoms with van der Waals surface area (Å²) in [6.45, 7) is 4.64. The number of carbonyl (C=O) groups is 1. The maximum absolute atomic E-state index is 13.2. The Balaban J connectivity index is 0.00000181. The zero-order valence-corrected chi connectivity index (χ0v) is 18.3. The number of ether oxygens (including phenoxy) is 2. The third-order valence-electron chi connectivity index (χ3n) is 8.82. The third-order valence-corrected chi connectivity index (χ3v) is 8.82. The Morgan fingerprint density at radius 1 is 1.28 bits per heavy atom. The molecule has 0 amide bonds. The molecule has 3 fully saturated rings. The molecule has 6 rings (SSSR count). The molecule has 0 N–H and O–H groups in total. The first-order valence-electron chi connectivity index (χ1n) is 11.3. The number of piperidine rings is 1. The van der Waals surface area contributed by atoms with E-state index in [2.05, 4.69) is 24.0 Å². The number of carbonyl (C=O) groups excluding carboxylic acids is 1. The topological polar surface area (TPSA) is 38.8 Å². The molecule has 1 aromatic carbocycles. The lowest BCUT2D eigenvalue weighted by Crippen LogP contribution is -2.68. The van der Waals surface area contributed by atoms with Gasteiger partial charge in [-0.2, -0.15) is 0 Å². The zero-order chi connectivity index (χ0) is 19.0. The van der Waals surface area contributed by atoms with Crippen LogP contribution in [-0.2, 0) is 16.6 Å². The number of ketones is 1. The molecule has 1 saturated heterocycles. The predicted octanol–water partition coefficient (Wildman–Crippen LogP) is 4.16. The summed E-state index contributed by atoms with van der Waals surface area (Å²) in [5, 5.41) is 0. The molecule has 0 aromatic heterocycles. The minimum absolute atomic E-state index is 0. The van der Waals surface area contributed by atoms with Crippen LogP contribution in [0.15, 0.2) is 12.1 Å². The van der Waals surface area contributed by atoms with E-state index in [9.17, 15) is 4.79 Å². The van der Waals surface area contributed by atoms with E-state index in [1.54, 1.807) is 7.11 Å². The van der Waals surface area contributed by atoms with Gasteiger partial charge >= 0.3 is 0 Å². The van der Waals surface area contributed by atoms with Gasteiger partial charge < -0.3 is 9.47 Å². The first kappa shape index (κ1) is 19.7. The summed E-state index contributed by atoms with van der Waals surface area (Å²) >= 11 is 0. The number of hydrogen-bond donors (Lipinski definition) is 0. The first-order chi connectivity index (χ1) is 13.7. The second-order valence-corrected chi connectivity index (χ2v) is 9.85. The van der Waals surface area contributed by atoms with Crippen LogP contribution in [0.5, 0.6) is 11.5 Å². The maximum Gasteiger partial charge on any atom is 0.174 e. The second-order valence-electron chi connectivity index (χ2n) is 9.85. The van der Waals surface area contributed by atoms with Gasteiger partial charge in [0.1, 0.15) is 0 Å². The molecule has 2 saturated carbocycles. The van der Waals surface area contributed by atoms with E-state index in [1.165, 1.54) is 36.9 Å². The highest BCUT2D eigenvalue weighted by Gasteiger charge is 2.68. The van der Waals surface area contributed by atoms with E-state index in [4.69, 9.17) is 9.47 Å². The van der Waals surface area contributed by atoms with Crippen molar-refractivity contribution in [1.29, 1.82) is 0 Å². The molecule has 2 unspecified atom stereocenters. The molecule has 1 spiro atoms. The van der Waals surface area contributed by atoms with Gasteiger partial charge in [0.15, 0.2) is 23.4 Å². The highest BCUT2D eigenvalue weighted by molar-refractivity contribution is 5.89. The van der Waals surface area contributed by atoms with E-state index >= 15 is 0 Å². The normalized spacial score (nSPS) is 37.2. The molecule has 5 heteroatoms. The summed E-state index contributed by atoms with van der Waals surface area (Å²) in [7, 11) is 1.71. The molecule has 1 aromatic rings. The van der Waals surface area contributed by atoms with Gasteiger partial charge in [-0.25, -0.2) is 0 Å². The Morgan fingerprint density at radius 3 is 2.79 bits per heavy atom. The predicted molar refractivity (Wildman–Crippen MR) is 114 cm³/mol. The van der Waals surface area contributed by atoms with Crippen LogP contribution >= 0.6 is 12.4 Å². The van der Waals surface area contributed by atoms with E-state index in [1.807, 2.05) is 0 Å². The summed E-state index contributed by atoms with van der Waals surface area (Å²) in [4.78, 5) is 16.0. The smallest absolute Gasteiger partial charge is 0.174 e. The van der Waals surface area contributed by atoms with E-state index in [0.29, 0.717) is 30.1 Å². The van der Waals surface area contributed by atoms with Crippen LogP contribution in [0.4, 0.5) is 0 Å². The Morgan fingerprint density at radius 2 is 2.10 bits per heavy atom. The molecule has 3 aliphatic carbocycles. The Bertz CT molecular complexity index is 838. The fourth-order valence-electron chi connectivity index (χ4n) is 7.44. The average Bonchev–Trinajstić information content (AvgIpc) is 3.01. The van der Waals surface area contributed by atoms with Gasteiger partial charge in [-0.05, 0) is 61.6 Å². The standard InChI is InChI=1S/C24H31NO3.ClH/c1-3-15-12-18(26)23-24-9-10-25(13-14-5-4-6-14)17(20(15)24)11-16-7-8-19(27-2)22(28-23)21(16)24;/h7-8,14-15,17,20,23H,3-6,9-13H2,1-2H3;1H/t15?,17-,20+,23?,24+;/m1./s1. The lowest BCUT2D eigenvalue weighted by molar-refractivity contribution is -0.145. The summed E-state index contributed by atoms with van der Waals surface area (Å²) < 4.78 is 12.1. The largest absolute Gasteiger partial charge is 0.493 e. The quantitative estimate of drug-likeness (QED) is 0.737. The summed E-state index contributed by atoms with van der Waals surface area (Å²) in [5.74, 6) is 3.91. The lowest BCUT2D eigenvalue weighted by atomic mass is 9.48. The van der Waals surface area contributed by atoms with Crippen molar-refractivity contribution in [1.82, 2.24) is 4.90 Å². The van der Waals surface area contributed by atoms with Crippen LogP contribution in [-0.4, -0.2) is 43.0 Å². The monoisotopic (exact) mass is 417 g/mol. The number of hydrogen-bond acceptors (Lipinski definition) is 4. The molecule has 158 valence electrons. The summed E-state index contributed by atoms with van der Waals surface area (Å²) in [5.41, 5.74) is 2.63. The number of halogens is 1. The number of benzene rings is 1. The van der Waals surface area contributed by atoms with Gasteiger partial charge in [-0.15, -0.1) is 12.4 Å². The minimum Gasteiger partial charge on any atom is -0.493 e. The Labute approximate surface area is 179 Å². The van der Waals surface area contributed by atoms with Crippen molar-refractivity contribution in [2.24, 2.45) is 17.8 Å². The van der Waals surface area contributed by atoms with Crippen molar-refractivity contribution in [2.45, 2.75) is 69.4 Å². The molecule has 2 heterocycles. The third kappa shape index (κ3) is 2.45. The molecule has 0 radical (unpaired) electrons. The van der Waals surface area contributed by atoms with Crippen molar-refractivity contribution in [3.63, 3.8) is 0 Å². The van der Waals surface area contributed by atoms with Gasteiger partial charge in [0.05, 0.1) is 7.11 Å². The maximum atomic E-state index is 13.2. The van der Waals surface area contributed by atoms with E-state index < -0.39 is 0 Å². The Kier molecular flexibility index (Phi) is 4.67. The molecule has 5 aliphatic rings.